The number of hydrogen-bond acceptors (Lipinski definition) is 3. The van der Waals surface area contributed by atoms with Crippen LogP contribution in [0.25, 0.3) is 0 Å². The number of piperidine rings is 1. The summed E-state index contributed by atoms with van der Waals surface area (Å²) in [5.41, 5.74) is 0.672. The molecule has 1 aromatic carbocycles. The van der Waals surface area contributed by atoms with Gasteiger partial charge in [0.1, 0.15) is 5.75 Å². The zero-order valence-electron chi connectivity index (χ0n) is 13.3. The summed E-state index contributed by atoms with van der Waals surface area (Å²) in [6, 6.07) is 7.40. The van der Waals surface area contributed by atoms with E-state index >= 15 is 0 Å². The summed E-state index contributed by atoms with van der Waals surface area (Å²) in [4.78, 5) is 12.1. The van der Waals surface area contributed by atoms with Crippen molar-refractivity contribution in [2.75, 3.05) is 26.2 Å². The van der Waals surface area contributed by atoms with Crippen LogP contribution in [-0.4, -0.2) is 32.1 Å². The van der Waals surface area contributed by atoms with E-state index in [9.17, 15) is 4.79 Å². The van der Waals surface area contributed by atoms with E-state index in [1.165, 1.54) is 12.8 Å². The fraction of sp³-hybridized carbons (Fsp3) is 0.588. The Bertz CT molecular complexity index is 448. The zero-order chi connectivity index (χ0) is 14.9. The predicted octanol–water partition coefficient (Wildman–Crippen LogP) is 3.02. The Balaban J connectivity index is 0.00000242. The summed E-state index contributed by atoms with van der Waals surface area (Å²) in [6.45, 7) is 5.70. The van der Waals surface area contributed by atoms with Gasteiger partial charge >= 0.3 is 0 Å². The Morgan fingerprint density at radius 3 is 3.05 bits per heavy atom. The molecule has 4 nitrogen and oxygen atoms in total. The molecule has 1 unspecified atom stereocenters. The Morgan fingerprint density at radius 2 is 2.32 bits per heavy atom. The van der Waals surface area contributed by atoms with E-state index in [1.807, 2.05) is 24.3 Å². The molecular formula is C17H27ClN2O2. The molecule has 22 heavy (non-hydrogen) atoms. The fourth-order valence-corrected chi connectivity index (χ4v) is 2.61. The maximum Gasteiger partial charge on any atom is 0.251 e. The normalized spacial score (nSPS) is 17.4. The highest BCUT2D eigenvalue weighted by Crippen LogP contribution is 2.15. The van der Waals surface area contributed by atoms with E-state index in [0.717, 1.165) is 38.2 Å². The molecule has 1 saturated heterocycles. The van der Waals surface area contributed by atoms with E-state index in [2.05, 4.69) is 17.6 Å². The molecule has 124 valence electrons. The van der Waals surface area contributed by atoms with Crippen LogP contribution in [0.2, 0.25) is 0 Å². The molecule has 1 heterocycles. The Kier molecular flexibility index (Phi) is 8.94. The molecule has 1 aromatic rings. The SMILES string of the molecule is CCCOc1cccc(C(=O)NCCC2CCCNC2)c1.Cl. The molecule has 0 spiro atoms. The number of ether oxygens (including phenoxy) is 1. The molecule has 1 aliphatic heterocycles. The van der Waals surface area contributed by atoms with Crippen molar-refractivity contribution in [2.24, 2.45) is 5.92 Å². The molecule has 2 N–H and O–H groups in total. The van der Waals surface area contributed by atoms with Gasteiger partial charge in [-0.25, -0.2) is 0 Å². The summed E-state index contributed by atoms with van der Waals surface area (Å²) in [7, 11) is 0. The first kappa shape index (κ1) is 18.8. The van der Waals surface area contributed by atoms with E-state index in [4.69, 9.17) is 4.74 Å². The van der Waals surface area contributed by atoms with Crippen molar-refractivity contribution in [1.82, 2.24) is 10.6 Å². The highest BCUT2D eigenvalue weighted by molar-refractivity contribution is 5.94. The van der Waals surface area contributed by atoms with Crippen LogP contribution in [0.1, 0.15) is 43.0 Å². The van der Waals surface area contributed by atoms with Crippen LogP contribution in [0.4, 0.5) is 0 Å². The van der Waals surface area contributed by atoms with Gasteiger partial charge in [-0.1, -0.05) is 13.0 Å². The van der Waals surface area contributed by atoms with Gasteiger partial charge < -0.3 is 15.4 Å². The highest BCUT2D eigenvalue weighted by Gasteiger charge is 2.13. The maximum absolute atomic E-state index is 12.1. The second kappa shape index (κ2) is 10.5. The second-order valence-electron chi connectivity index (χ2n) is 5.63. The number of carbonyl (C=O) groups excluding carboxylic acids is 1. The van der Waals surface area contributed by atoms with Gasteiger partial charge in [-0.15, -0.1) is 12.4 Å². The largest absolute Gasteiger partial charge is 0.494 e. The van der Waals surface area contributed by atoms with Crippen LogP contribution in [0, 0.1) is 5.92 Å². The lowest BCUT2D eigenvalue weighted by Gasteiger charge is -2.22. The minimum Gasteiger partial charge on any atom is -0.494 e. The quantitative estimate of drug-likeness (QED) is 0.809. The molecule has 0 aromatic heterocycles. The van der Waals surface area contributed by atoms with Gasteiger partial charge in [0, 0.05) is 12.1 Å². The van der Waals surface area contributed by atoms with Crippen molar-refractivity contribution < 1.29 is 9.53 Å². The number of hydrogen-bond donors (Lipinski definition) is 2. The Hall–Kier alpha value is -1.26. The zero-order valence-corrected chi connectivity index (χ0v) is 14.1. The van der Waals surface area contributed by atoms with Gasteiger partial charge in [0.15, 0.2) is 0 Å². The summed E-state index contributed by atoms with van der Waals surface area (Å²) in [5, 5.41) is 6.41. The van der Waals surface area contributed by atoms with Crippen molar-refractivity contribution in [3.63, 3.8) is 0 Å². The third-order valence-electron chi connectivity index (χ3n) is 3.81. The first-order valence-corrected chi connectivity index (χ1v) is 8.01. The van der Waals surface area contributed by atoms with Gasteiger partial charge in [0.2, 0.25) is 0 Å². The molecule has 0 bridgehead atoms. The van der Waals surface area contributed by atoms with E-state index in [-0.39, 0.29) is 18.3 Å². The number of rotatable bonds is 7. The van der Waals surface area contributed by atoms with Crippen molar-refractivity contribution in [1.29, 1.82) is 0 Å². The molecule has 1 fully saturated rings. The maximum atomic E-state index is 12.1. The van der Waals surface area contributed by atoms with Crippen LogP contribution in [0.15, 0.2) is 24.3 Å². The smallest absolute Gasteiger partial charge is 0.251 e. The first-order valence-electron chi connectivity index (χ1n) is 8.01. The Morgan fingerprint density at radius 1 is 1.45 bits per heavy atom. The lowest BCUT2D eigenvalue weighted by molar-refractivity contribution is 0.0950. The molecular weight excluding hydrogens is 300 g/mol. The van der Waals surface area contributed by atoms with Crippen molar-refractivity contribution in [3.8, 4) is 5.75 Å². The molecule has 5 heteroatoms. The standard InChI is InChI=1S/C17H26N2O2.ClH/c1-2-11-21-16-7-3-6-15(12-16)17(20)19-10-8-14-5-4-9-18-13-14;/h3,6-7,12,14,18H,2,4-5,8-11,13H2,1H3,(H,19,20);1H. The number of halogens is 1. The molecule has 1 aliphatic rings. The molecule has 1 atom stereocenters. The van der Waals surface area contributed by atoms with Gasteiger partial charge in [0.05, 0.1) is 6.61 Å². The molecule has 1 amide bonds. The van der Waals surface area contributed by atoms with Gasteiger partial charge in [-0.2, -0.15) is 0 Å². The van der Waals surface area contributed by atoms with Crippen LogP contribution >= 0.6 is 12.4 Å². The van der Waals surface area contributed by atoms with Crippen LogP contribution in [-0.2, 0) is 0 Å². The summed E-state index contributed by atoms with van der Waals surface area (Å²) in [5.74, 6) is 1.44. The van der Waals surface area contributed by atoms with E-state index in [1.54, 1.807) is 0 Å². The predicted molar refractivity (Wildman–Crippen MR) is 92.0 cm³/mol. The molecule has 0 radical (unpaired) electrons. The summed E-state index contributed by atoms with van der Waals surface area (Å²) in [6.07, 6.45) is 4.52. The number of benzene rings is 1. The summed E-state index contributed by atoms with van der Waals surface area (Å²) >= 11 is 0. The van der Waals surface area contributed by atoms with Crippen molar-refractivity contribution >= 4 is 18.3 Å². The topological polar surface area (TPSA) is 50.4 Å². The minimum absolute atomic E-state index is 0. The number of carbonyl (C=O) groups is 1. The molecule has 0 aliphatic carbocycles. The first-order chi connectivity index (χ1) is 10.3. The van der Waals surface area contributed by atoms with Gasteiger partial charge in [0.25, 0.3) is 5.91 Å². The average Bonchev–Trinajstić information content (AvgIpc) is 2.54. The lowest BCUT2D eigenvalue weighted by atomic mass is 9.96. The molecule has 2 rings (SSSR count). The number of nitrogens with one attached hydrogen (secondary N) is 2. The fourth-order valence-electron chi connectivity index (χ4n) is 2.61. The van der Waals surface area contributed by atoms with E-state index in [0.29, 0.717) is 18.1 Å². The van der Waals surface area contributed by atoms with Gasteiger partial charge in [-0.05, 0) is 62.9 Å². The second-order valence-corrected chi connectivity index (χ2v) is 5.63. The van der Waals surface area contributed by atoms with Crippen molar-refractivity contribution in [2.45, 2.75) is 32.6 Å². The third-order valence-corrected chi connectivity index (χ3v) is 3.81. The average molecular weight is 327 g/mol. The van der Waals surface area contributed by atoms with Gasteiger partial charge in [-0.3, -0.25) is 4.79 Å². The van der Waals surface area contributed by atoms with Crippen LogP contribution < -0.4 is 15.4 Å². The monoisotopic (exact) mass is 326 g/mol. The van der Waals surface area contributed by atoms with Crippen LogP contribution in [0.3, 0.4) is 0 Å². The third kappa shape index (κ3) is 6.24. The van der Waals surface area contributed by atoms with Crippen molar-refractivity contribution in [3.05, 3.63) is 29.8 Å². The van der Waals surface area contributed by atoms with Crippen LogP contribution in [0.5, 0.6) is 5.75 Å². The summed E-state index contributed by atoms with van der Waals surface area (Å²) < 4.78 is 5.56. The minimum atomic E-state index is -0.0132. The van der Waals surface area contributed by atoms with E-state index < -0.39 is 0 Å². The molecule has 0 saturated carbocycles. The highest BCUT2D eigenvalue weighted by atomic mass is 35.5. The number of amides is 1. The lowest BCUT2D eigenvalue weighted by Crippen LogP contribution is -2.33. The Labute approximate surface area is 139 Å².